The second-order valence-corrected chi connectivity index (χ2v) is 6.66. The molecule has 0 saturated carbocycles. The lowest BCUT2D eigenvalue weighted by molar-refractivity contribution is -0.114. The minimum Gasteiger partial charge on any atom is -0.436 e. The number of anilines is 2. The largest absolute Gasteiger partial charge is 0.436 e. The molecule has 140 valence electrons. The minimum absolute atomic E-state index is 0.138. The molecule has 0 radical (unpaired) electrons. The first-order valence-corrected chi connectivity index (χ1v) is 8.94. The number of aryl methyl sites for hydroxylation is 2. The summed E-state index contributed by atoms with van der Waals surface area (Å²) in [6, 6.07) is 16.1. The minimum atomic E-state index is -0.330. The molecule has 0 bridgehead atoms. The van der Waals surface area contributed by atoms with Crippen LogP contribution in [-0.2, 0) is 4.79 Å². The van der Waals surface area contributed by atoms with Crippen LogP contribution < -0.4 is 15.0 Å². The van der Waals surface area contributed by atoms with E-state index in [-0.39, 0.29) is 24.2 Å². The summed E-state index contributed by atoms with van der Waals surface area (Å²) in [4.78, 5) is 31.4. The quantitative estimate of drug-likeness (QED) is 0.751. The van der Waals surface area contributed by atoms with E-state index in [1.165, 1.54) is 4.90 Å². The molecule has 1 aliphatic heterocycles. The summed E-state index contributed by atoms with van der Waals surface area (Å²) >= 11 is 0. The normalized spacial score (nSPS) is 12.5. The molecule has 0 fully saturated rings. The summed E-state index contributed by atoms with van der Waals surface area (Å²) in [6.45, 7) is 3.86. The highest BCUT2D eigenvalue weighted by Crippen LogP contribution is 2.37. The van der Waals surface area contributed by atoms with Crippen LogP contribution in [0.5, 0.6) is 11.6 Å². The average molecular weight is 373 g/mol. The van der Waals surface area contributed by atoms with Crippen LogP contribution in [0.3, 0.4) is 0 Å². The van der Waals surface area contributed by atoms with Crippen LogP contribution in [-0.4, -0.2) is 23.3 Å². The van der Waals surface area contributed by atoms with E-state index in [0.717, 1.165) is 11.1 Å². The first kappa shape index (κ1) is 17.7. The fraction of sp³-hybridized carbons (Fsp3) is 0.136. The number of nitrogens with zero attached hydrogens (tertiary/aromatic N) is 2. The van der Waals surface area contributed by atoms with Crippen molar-refractivity contribution in [1.29, 1.82) is 0 Å². The predicted octanol–water partition coefficient (Wildman–Crippen LogP) is 4.09. The Morgan fingerprint density at radius 2 is 1.89 bits per heavy atom. The van der Waals surface area contributed by atoms with Crippen LogP contribution in [0.2, 0.25) is 0 Å². The van der Waals surface area contributed by atoms with Crippen molar-refractivity contribution in [1.82, 2.24) is 4.98 Å². The Hall–Kier alpha value is -3.67. The Balaban J connectivity index is 1.64. The average Bonchev–Trinajstić information content (AvgIpc) is 2.80. The first-order chi connectivity index (χ1) is 13.5. The first-order valence-electron chi connectivity index (χ1n) is 8.94. The van der Waals surface area contributed by atoms with Gasteiger partial charge in [0.1, 0.15) is 12.1 Å². The molecular formula is C22H19N3O3. The number of pyridine rings is 1. The van der Waals surface area contributed by atoms with E-state index < -0.39 is 0 Å². The molecule has 0 spiro atoms. The van der Waals surface area contributed by atoms with Crippen molar-refractivity contribution >= 4 is 23.2 Å². The number of hydrogen-bond donors (Lipinski definition) is 1. The van der Waals surface area contributed by atoms with Gasteiger partial charge >= 0.3 is 0 Å². The standard InChI is InChI=1S/C22H19N3O3/c1-14-9-10-16(12-15(14)2)24-20(26)13-25-18-7-3-4-8-19(18)28-21-17(22(25)27)6-5-11-23-21/h3-12H,13H2,1-2H3,(H,24,26). The number of carbonyl (C=O) groups is 2. The molecule has 3 aromatic rings. The van der Waals surface area contributed by atoms with Gasteiger partial charge in [0, 0.05) is 11.9 Å². The van der Waals surface area contributed by atoms with Gasteiger partial charge in [0.05, 0.1) is 5.69 Å². The van der Waals surface area contributed by atoms with Gasteiger partial charge < -0.3 is 10.1 Å². The highest BCUT2D eigenvalue weighted by atomic mass is 16.5. The summed E-state index contributed by atoms with van der Waals surface area (Å²) in [5.41, 5.74) is 3.78. The molecule has 2 aromatic carbocycles. The zero-order valence-corrected chi connectivity index (χ0v) is 15.6. The Kier molecular flexibility index (Phi) is 4.53. The molecule has 0 aliphatic carbocycles. The van der Waals surface area contributed by atoms with Gasteiger partial charge in [0.25, 0.3) is 5.91 Å². The van der Waals surface area contributed by atoms with E-state index in [0.29, 0.717) is 22.7 Å². The van der Waals surface area contributed by atoms with Crippen LogP contribution in [0.15, 0.2) is 60.8 Å². The maximum Gasteiger partial charge on any atom is 0.264 e. The topological polar surface area (TPSA) is 71.5 Å². The molecule has 2 amide bonds. The van der Waals surface area contributed by atoms with Crippen LogP contribution in [0, 0.1) is 13.8 Å². The Morgan fingerprint density at radius 3 is 2.71 bits per heavy atom. The van der Waals surface area contributed by atoms with Crippen LogP contribution in [0.1, 0.15) is 21.5 Å². The summed E-state index contributed by atoms with van der Waals surface area (Å²) in [6.07, 6.45) is 1.57. The number of amides is 2. The van der Waals surface area contributed by atoms with Crippen molar-refractivity contribution in [3.8, 4) is 11.6 Å². The third-order valence-corrected chi connectivity index (χ3v) is 4.70. The van der Waals surface area contributed by atoms with Gasteiger partial charge in [-0.05, 0) is 61.4 Å². The van der Waals surface area contributed by atoms with E-state index in [2.05, 4.69) is 10.3 Å². The third-order valence-electron chi connectivity index (χ3n) is 4.70. The lowest BCUT2D eigenvalue weighted by Crippen LogP contribution is -2.37. The molecule has 0 saturated heterocycles. The number of fused-ring (bicyclic) bond motifs is 2. The van der Waals surface area contributed by atoms with Gasteiger partial charge in [-0.1, -0.05) is 18.2 Å². The van der Waals surface area contributed by atoms with Crippen molar-refractivity contribution < 1.29 is 14.3 Å². The Morgan fingerprint density at radius 1 is 1.07 bits per heavy atom. The predicted molar refractivity (Wildman–Crippen MR) is 107 cm³/mol. The summed E-state index contributed by atoms with van der Waals surface area (Å²) in [5.74, 6) is 0.0892. The summed E-state index contributed by atoms with van der Waals surface area (Å²) in [5, 5.41) is 2.86. The highest BCUT2D eigenvalue weighted by molar-refractivity contribution is 6.12. The molecule has 28 heavy (non-hydrogen) atoms. The van der Waals surface area contributed by atoms with Crippen molar-refractivity contribution in [2.24, 2.45) is 0 Å². The van der Waals surface area contributed by atoms with Crippen molar-refractivity contribution in [2.75, 3.05) is 16.8 Å². The molecule has 6 nitrogen and oxygen atoms in total. The second kappa shape index (κ2) is 7.15. The number of nitrogens with one attached hydrogen (secondary N) is 1. The zero-order valence-electron chi connectivity index (χ0n) is 15.6. The van der Waals surface area contributed by atoms with E-state index in [1.54, 1.807) is 36.5 Å². The Labute approximate surface area is 162 Å². The van der Waals surface area contributed by atoms with E-state index in [9.17, 15) is 9.59 Å². The zero-order chi connectivity index (χ0) is 19.7. The molecule has 1 aromatic heterocycles. The van der Waals surface area contributed by atoms with Crippen LogP contribution in [0.25, 0.3) is 0 Å². The SMILES string of the molecule is Cc1ccc(NC(=O)CN2C(=O)c3cccnc3Oc3ccccc32)cc1C. The van der Waals surface area contributed by atoms with Crippen molar-refractivity contribution in [3.63, 3.8) is 0 Å². The molecule has 2 heterocycles. The van der Waals surface area contributed by atoms with Gasteiger partial charge in [-0.2, -0.15) is 0 Å². The molecule has 4 rings (SSSR count). The summed E-state index contributed by atoms with van der Waals surface area (Å²) < 4.78 is 5.83. The van der Waals surface area contributed by atoms with E-state index in [1.807, 2.05) is 38.1 Å². The molecular weight excluding hydrogens is 354 g/mol. The maximum absolute atomic E-state index is 13.1. The lowest BCUT2D eigenvalue weighted by atomic mass is 10.1. The molecule has 1 N–H and O–H groups in total. The number of rotatable bonds is 3. The lowest BCUT2D eigenvalue weighted by Gasteiger charge is -2.21. The van der Waals surface area contributed by atoms with Crippen LogP contribution in [0.4, 0.5) is 11.4 Å². The number of benzene rings is 2. The molecule has 1 aliphatic rings. The molecule has 6 heteroatoms. The monoisotopic (exact) mass is 373 g/mol. The molecule has 0 atom stereocenters. The number of carbonyl (C=O) groups excluding carboxylic acids is 2. The van der Waals surface area contributed by atoms with Gasteiger partial charge in [-0.3, -0.25) is 14.5 Å². The van der Waals surface area contributed by atoms with E-state index >= 15 is 0 Å². The smallest absolute Gasteiger partial charge is 0.264 e. The number of para-hydroxylation sites is 2. The van der Waals surface area contributed by atoms with Gasteiger partial charge in [0.2, 0.25) is 11.8 Å². The van der Waals surface area contributed by atoms with Crippen LogP contribution >= 0.6 is 0 Å². The van der Waals surface area contributed by atoms with Crippen molar-refractivity contribution in [2.45, 2.75) is 13.8 Å². The molecule has 0 unspecified atom stereocenters. The fourth-order valence-electron chi connectivity index (χ4n) is 3.08. The number of ether oxygens (including phenoxy) is 1. The van der Waals surface area contributed by atoms with Gasteiger partial charge in [0.15, 0.2) is 5.75 Å². The maximum atomic E-state index is 13.1. The van der Waals surface area contributed by atoms with Gasteiger partial charge in [-0.25, -0.2) is 4.98 Å². The number of aromatic nitrogens is 1. The number of hydrogen-bond acceptors (Lipinski definition) is 4. The fourth-order valence-corrected chi connectivity index (χ4v) is 3.08. The van der Waals surface area contributed by atoms with Crippen molar-refractivity contribution in [3.05, 3.63) is 77.5 Å². The second-order valence-electron chi connectivity index (χ2n) is 6.66. The Bertz CT molecular complexity index is 1080. The summed E-state index contributed by atoms with van der Waals surface area (Å²) in [7, 11) is 0. The highest BCUT2D eigenvalue weighted by Gasteiger charge is 2.30. The van der Waals surface area contributed by atoms with E-state index in [4.69, 9.17) is 4.74 Å². The van der Waals surface area contributed by atoms with Gasteiger partial charge in [-0.15, -0.1) is 0 Å². The third kappa shape index (κ3) is 3.32.